The minimum absolute atomic E-state index is 0.0961. The monoisotopic (exact) mass is 695 g/mol. The van der Waals surface area contributed by atoms with E-state index in [9.17, 15) is 9.00 Å². The van der Waals surface area contributed by atoms with Crippen molar-refractivity contribution in [2.24, 2.45) is 5.92 Å². The summed E-state index contributed by atoms with van der Waals surface area (Å²) in [7, 11) is -1.21. The van der Waals surface area contributed by atoms with E-state index in [-0.39, 0.29) is 5.91 Å². The van der Waals surface area contributed by atoms with Gasteiger partial charge in [0.25, 0.3) is 5.91 Å². The van der Waals surface area contributed by atoms with Gasteiger partial charge in [0.2, 0.25) is 0 Å². The van der Waals surface area contributed by atoms with Crippen LogP contribution in [0.4, 0.5) is 5.69 Å². The van der Waals surface area contributed by atoms with Gasteiger partial charge in [0.1, 0.15) is 12.4 Å². The van der Waals surface area contributed by atoms with E-state index in [1.54, 1.807) is 12.5 Å². The lowest BCUT2D eigenvalue weighted by Gasteiger charge is -2.25. The minimum Gasteiger partial charge on any atom is -0.491 e. The van der Waals surface area contributed by atoms with E-state index in [2.05, 4.69) is 79.0 Å². The second-order valence-electron chi connectivity index (χ2n) is 13.6. The van der Waals surface area contributed by atoms with Crippen molar-refractivity contribution in [2.45, 2.75) is 95.8 Å². The number of ether oxygens (including phenoxy) is 2. The summed E-state index contributed by atoms with van der Waals surface area (Å²) in [6, 6.07) is 22.3. The van der Waals surface area contributed by atoms with Crippen molar-refractivity contribution in [3.63, 3.8) is 0 Å². The SMILES string of the molecule is CCCCOCCOc1ccc(-c2ccc3c(c2)/C=C(/C(=O)Nc2ccc(S(=O)Cc4cncn4CCC)cc2)CCCC3CC(C)C)cc1. The summed E-state index contributed by atoms with van der Waals surface area (Å²) in [4.78, 5) is 18.7. The highest BCUT2D eigenvalue weighted by Crippen LogP contribution is 2.37. The molecule has 2 atom stereocenters. The topological polar surface area (TPSA) is 82.4 Å². The largest absolute Gasteiger partial charge is 0.491 e. The maximum atomic E-state index is 13.7. The lowest BCUT2D eigenvalue weighted by molar-refractivity contribution is -0.112. The van der Waals surface area contributed by atoms with Crippen molar-refractivity contribution in [1.82, 2.24) is 9.55 Å². The Balaban J connectivity index is 1.30. The summed E-state index contributed by atoms with van der Waals surface area (Å²) in [5.41, 5.74) is 7.05. The van der Waals surface area contributed by atoms with E-state index in [1.807, 2.05) is 36.4 Å². The van der Waals surface area contributed by atoms with E-state index >= 15 is 0 Å². The molecule has 0 saturated carbocycles. The van der Waals surface area contributed by atoms with Gasteiger partial charge in [-0.25, -0.2) is 4.98 Å². The number of amides is 1. The Labute approximate surface area is 301 Å². The first-order valence-electron chi connectivity index (χ1n) is 18.3. The smallest absolute Gasteiger partial charge is 0.251 e. The molecule has 1 aliphatic rings. The summed E-state index contributed by atoms with van der Waals surface area (Å²) in [6.07, 6.45) is 12.7. The number of fused-ring (bicyclic) bond motifs is 1. The number of carbonyl (C=O) groups excluding carboxylic acids is 1. The van der Waals surface area contributed by atoms with Crippen molar-refractivity contribution in [3.8, 4) is 16.9 Å². The molecule has 1 N–H and O–H groups in total. The molecule has 3 aromatic carbocycles. The van der Waals surface area contributed by atoms with Gasteiger partial charge in [-0.1, -0.05) is 58.4 Å². The number of anilines is 1. The quantitative estimate of drug-likeness (QED) is 0.111. The van der Waals surface area contributed by atoms with E-state index in [4.69, 9.17) is 9.47 Å². The van der Waals surface area contributed by atoms with Crippen LogP contribution >= 0.6 is 0 Å². The lowest BCUT2D eigenvalue weighted by Crippen LogP contribution is -2.16. The first-order chi connectivity index (χ1) is 24.3. The molecule has 8 heteroatoms. The molecule has 1 aromatic heterocycles. The molecule has 0 radical (unpaired) electrons. The van der Waals surface area contributed by atoms with E-state index in [0.717, 1.165) is 90.3 Å². The van der Waals surface area contributed by atoms with E-state index < -0.39 is 10.8 Å². The van der Waals surface area contributed by atoms with Crippen LogP contribution in [-0.2, 0) is 32.6 Å². The third kappa shape index (κ3) is 10.5. The Morgan fingerprint density at radius 1 is 0.980 bits per heavy atom. The van der Waals surface area contributed by atoms with Crippen LogP contribution in [0, 0.1) is 5.92 Å². The van der Waals surface area contributed by atoms with Crippen molar-refractivity contribution >= 4 is 28.5 Å². The fraction of sp³-hybridized carbons (Fsp3) is 0.429. The highest BCUT2D eigenvalue weighted by molar-refractivity contribution is 7.84. The Hall–Kier alpha value is -4.01. The molecule has 0 spiro atoms. The first-order valence-corrected chi connectivity index (χ1v) is 19.6. The number of rotatable bonds is 17. The van der Waals surface area contributed by atoms with Crippen LogP contribution in [0.25, 0.3) is 17.2 Å². The predicted molar refractivity (Wildman–Crippen MR) is 205 cm³/mol. The Morgan fingerprint density at radius 2 is 1.76 bits per heavy atom. The molecule has 0 fully saturated rings. The molecule has 1 amide bonds. The zero-order valence-corrected chi connectivity index (χ0v) is 31.0. The summed E-state index contributed by atoms with van der Waals surface area (Å²) < 4.78 is 26.7. The molecule has 4 aromatic rings. The molecule has 1 aliphatic carbocycles. The van der Waals surface area contributed by atoms with Crippen LogP contribution < -0.4 is 10.1 Å². The van der Waals surface area contributed by atoms with Gasteiger partial charge in [-0.3, -0.25) is 9.00 Å². The van der Waals surface area contributed by atoms with Crippen LogP contribution in [-0.4, -0.2) is 39.5 Å². The highest BCUT2D eigenvalue weighted by atomic mass is 32.2. The Morgan fingerprint density at radius 3 is 2.50 bits per heavy atom. The number of imidazole rings is 1. The summed E-state index contributed by atoms with van der Waals surface area (Å²) in [5.74, 6) is 2.17. The summed E-state index contributed by atoms with van der Waals surface area (Å²) in [6.45, 7) is 11.6. The molecule has 0 aliphatic heterocycles. The average molecular weight is 696 g/mol. The van der Waals surface area contributed by atoms with Gasteiger partial charge in [-0.2, -0.15) is 0 Å². The highest BCUT2D eigenvalue weighted by Gasteiger charge is 2.22. The summed E-state index contributed by atoms with van der Waals surface area (Å²) >= 11 is 0. The zero-order chi connectivity index (χ0) is 35.3. The molecule has 266 valence electrons. The van der Waals surface area contributed by atoms with Crippen molar-refractivity contribution < 1.29 is 18.5 Å². The molecule has 50 heavy (non-hydrogen) atoms. The Kier molecular flexibility index (Phi) is 14.0. The number of nitrogens with one attached hydrogen (secondary N) is 1. The number of carbonyl (C=O) groups is 1. The van der Waals surface area contributed by atoms with Gasteiger partial charge in [0.05, 0.1) is 35.2 Å². The number of hydrogen-bond acceptors (Lipinski definition) is 5. The molecule has 0 saturated heterocycles. The lowest BCUT2D eigenvalue weighted by atomic mass is 9.80. The van der Waals surface area contributed by atoms with Crippen molar-refractivity contribution in [3.05, 3.63) is 102 Å². The number of benzene rings is 3. The van der Waals surface area contributed by atoms with Crippen LogP contribution in [0.1, 0.15) is 95.4 Å². The predicted octanol–water partition coefficient (Wildman–Crippen LogP) is 9.80. The number of nitrogens with zero attached hydrogens (tertiary/aromatic N) is 2. The molecular formula is C42H53N3O4S. The maximum absolute atomic E-state index is 13.7. The van der Waals surface area contributed by atoms with Crippen LogP contribution in [0.2, 0.25) is 0 Å². The molecular weight excluding hydrogens is 643 g/mol. The minimum atomic E-state index is -1.21. The second kappa shape index (κ2) is 18.8. The zero-order valence-electron chi connectivity index (χ0n) is 30.2. The standard InChI is InChI=1S/C42H53N3O4S/c1-5-7-22-48-23-24-49-39-16-11-32(12-17-39)33-13-20-41-34(25-31(3)4)9-8-10-35(27-36(41)26-33)42(46)44-37-14-18-40(19-15-37)50(47)29-38-28-43-30-45(38)21-6-2/h11-20,26-28,30-31,34H,5-10,21-25,29H2,1-4H3,(H,44,46)/b35-27+. The fourth-order valence-electron chi connectivity index (χ4n) is 6.54. The van der Waals surface area contributed by atoms with Crippen LogP contribution in [0.15, 0.2) is 89.7 Å². The molecule has 1 heterocycles. The van der Waals surface area contributed by atoms with E-state index in [0.29, 0.717) is 42.9 Å². The Bertz CT molecular complexity index is 1730. The molecule has 0 bridgehead atoms. The molecule has 5 rings (SSSR count). The van der Waals surface area contributed by atoms with Gasteiger partial charge < -0.3 is 19.4 Å². The average Bonchev–Trinajstić information content (AvgIpc) is 3.54. The second-order valence-corrected chi connectivity index (χ2v) is 15.1. The number of aryl methyl sites for hydroxylation is 1. The third-order valence-corrected chi connectivity index (χ3v) is 10.5. The number of aromatic nitrogens is 2. The van der Waals surface area contributed by atoms with Gasteiger partial charge in [0, 0.05) is 35.5 Å². The van der Waals surface area contributed by atoms with Crippen LogP contribution in [0.5, 0.6) is 5.75 Å². The van der Waals surface area contributed by atoms with Gasteiger partial charge in [-0.15, -0.1) is 0 Å². The van der Waals surface area contributed by atoms with Crippen molar-refractivity contribution in [1.29, 1.82) is 0 Å². The molecule has 7 nitrogen and oxygen atoms in total. The van der Waals surface area contributed by atoms with Gasteiger partial charge in [-0.05, 0) is 121 Å². The third-order valence-electron chi connectivity index (χ3n) is 9.15. The van der Waals surface area contributed by atoms with E-state index in [1.165, 1.54) is 5.56 Å². The number of unbranched alkanes of at least 4 members (excludes halogenated alkanes) is 1. The molecule has 2 unspecified atom stereocenters. The van der Waals surface area contributed by atoms with Gasteiger partial charge in [0.15, 0.2) is 0 Å². The maximum Gasteiger partial charge on any atom is 0.251 e. The normalized spacial score (nSPS) is 16.2. The summed E-state index contributed by atoms with van der Waals surface area (Å²) in [5, 5.41) is 3.11. The van der Waals surface area contributed by atoms with Crippen LogP contribution in [0.3, 0.4) is 0 Å². The van der Waals surface area contributed by atoms with Crippen molar-refractivity contribution in [2.75, 3.05) is 25.1 Å². The van der Waals surface area contributed by atoms with Gasteiger partial charge >= 0.3 is 0 Å². The first kappa shape index (κ1) is 37.3. The number of hydrogen-bond donors (Lipinski definition) is 1. The fourth-order valence-corrected chi connectivity index (χ4v) is 7.65.